The number of morpholine rings is 1. The molecule has 1 aromatic carbocycles. The van der Waals surface area contributed by atoms with Gasteiger partial charge in [-0.05, 0) is 25.0 Å². The highest BCUT2D eigenvalue weighted by Gasteiger charge is 2.32. The van der Waals surface area contributed by atoms with E-state index in [0.717, 1.165) is 17.0 Å². The summed E-state index contributed by atoms with van der Waals surface area (Å²) in [5.74, 6) is -0.124. The van der Waals surface area contributed by atoms with Gasteiger partial charge in [0.15, 0.2) is 5.82 Å². The normalized spacial score (nSPS) is 21.2. The Bertz CT molecular complexity index is 1270. The highest BCUT2D eigenvalue weighted by atomic mass is 16.5. The molecule has 3 aliphatic rings. The van der Waals surface area contributed by atoms with E-state index in [4.69, 9.17) is 25.3 Å². The van der Waals surface area contributed by atoms with E-state index in [-0.39, 0.29) is 11.8 Å². The van der Waals surface area contributed by atoms with Crippen LogP contribution in [-0.4, -0.2) is 65.8 Å². The molecule has 0 saturated carbocycles. The van der Waals surface area contributed by atoms with Crippen LogP contribution in [0.3, 0.4) is 0 Å². The van der Waals surface area contributed by atoms with Gasteiger partial charge in [0.1, 0.15) is 0 Å². The summed E-state index contributed by atoms with van der Waals surface area (Å²) in [5, 5.41) is 27.2. The van der Waals surface area contributed by atoms with Crippen molar-refractivity contribution in [3.63, 3.8) is 0 Å². The number of ether oxygens (including phenoxy) is 2. The monoisotopic (exact) mass is 502 g/mol. The maximum Gasteiger partial charge on any atom is 0.290 e. The Hall–Kier alpha value is -4.25. The van der Waals surface area contributed by atoms with Crippen LogP contribution in [0.4, 0.5) is 5.82 Å². The van der Waals surface area contributed by atoms with E-state index in [9.17, 15) is 4.79 Å². The standard InChI is InChI=1S/C26H30N8O3/c1-2-34-16-19(24(32-34)33-12-14-36-15-13-33)22(27)37-26(28)31-23-25(35)29-20-11-7-6-10-18(20)21(30-23)17-8-4-3-5-9-17/h3-9,11,16,18,23,27H,2,10,12-15H2,1H3,(H2,28,31)(H,29,35)/t18?,23-/m1/s1. The van der Waals surface area contributed by atoms with Crippen LogP contribution < -0.4 is 15.5 Å². The summed E-state index contributed by atoms with van der Waals surface area (Å²) in [6.07, 6.45) is 7.17. The molecule has 2 aromatic rings. The Morgan fingerprint density at radius 3 is 2.78 bits per heavy atom. The van der Waals surface area contributed by atoms with Crippen molar-refractivity contribution < 1.29 is 14.3 Å². The molecule has 0 bridgehead atoms. The minimum absolute atomic E-state index is 0.104. The number of carbonyl (C=O) groups excluding carboxylic acids is 1. The van der Waals surface area contributed by atoms with E-state index in [0.29, 0.717) is 50.7 Å². The smallest absolute Gasteiger partial charge is 0.290 e. The molecule has 0 spiro atoms. The predicted molar refractivity (Wildman–Crippen MR) is 140 cm³/mol. The van der Waals surface area contributed by atoms with Crippen LogP contribution in [0, 0.1) is 16.7 Å². The lowest BCUT2D eigenvalue weighted by atomic mass is 9.88. The third kappa shape index (κ3) is 5.31. The summed E-state index contributed by atoms with van der Waals surface area (Å²) >= 11 is 0. The molecular weight excluding hydrogens is 472 g/mol. The fraction of sp³-hybridized carbons (Fsp3) is 0.346. The molecule has 5 rings (SSSR count). The van der Waals surface area contributed by atoms with E-state index in [1.54, 1.807) is 10.9 Å². The number of nitrogens with zero attached hydrogens (tertiary/aromatic N) is 4. The number of anilines is 1. The fourth-order valence-corrected chi connectivity index (χ4v) is 4.55. The zero-order valence-corrected chi connectivity index (χ0v) is 20.6. The van der Waals surface area contributed by atoms with Crippen molar-refractivity contribution >= 4 is 29.4 Å². The van der Waals surface area contributed by atoms with E-state index in [1.165, 1.54) is 0 Å². The van der Waals surface area contributed by atoms with Crippen molar-refractivity contribution in [2.24, 2.45) is 10.9 Å². The predicted octanol–water partition coefficient (Wildman–Crippen LogP) is 2.01. The van der Waals surface area contributed by atoms with Crippen molar-refractivity contribution in [3.8, 4) is 0 Å². The van der Waals surface area contributed by atoms with Gasteiger partial charge in [-0.3, -0.25) is 25.3 Å². The van der Waals surface area contributed by atoms with Crippen LogP contribution in [-0.2, 0) is 20.8 Å². The van der Waals surface area contributed by atoms with E-state index in [1.807, 2.05) is 60.4 Å². The molecule has 0 radical (unpaired) electrons. The van der Waals surface area contributed by atoms with Gasteiger partial charge in [-0.25, -0.2) is 0 Å². The SMILES string of the molecule is CCn1cc(C(=N)OC(=N)N[C@H]2N=C(c3ccccc3)C3CC=CC=C3NC2=O)c(N2CCOCC2)n1. The molecule has 1 unspecified atom stereocenters. The first kappa shape index (κ1) is 24.4. The average Bonchev–Trinajstić information content (AvgIpc) is 3.32. The first-order valence-electron chi connectivity index (χ1n) is 12.4. The molecule has 4 N–H and O–H groups in total. The Morgan fingerprint density at radius 1 is 1.24 bits per heavy atom. The van der Waals surface area contributed by atoms with Crippen LogP contribution in [0.15, 0.2) is 65.4 Å². The topological polar surface area (TPSA) is 141 Å². The zero-order chi connectivity index (χ0) is 25.8. The lowest BCUT2D eigenvalue weighted by Gasteiger charge is -2.27. The summed E-state index contributed by atoms with van der Waals surface area (Å²) < 4.78 is 12.7. The number of hydrogen-bond donors (Lipinski definition) is 4. The third-order valence-corrected chi connectivity index (χ3v) is 6.44. The molecule has 11 heteroatoms. The number of fused-ring (bicyclic) bond motifs is 1. The molecule has 1 aliphatic carbocycles. The van der Waals surface area contributed by atoms with Gasteiger partial charge in [0.05, 0.1) is 24.5 Å². The first-order valence-corrected chi connectivity index (χ1v) is 12.4. The Morgan fingerprint density at radius 2 is 2.03 bits per heavy atom. The molecule has 1 saturated heterocycles. The van der Waals surface area contributed by atoms with Gasteiger partial charge in [0.2, 0.25) is 12.1 Å². The van der Waals surface area contributed by atoms with E-state index >= 15 is 0 Å². The molecule has 1 fully saturated rings. The van der Waals surface area contributed by atoms with Crippen LogP contribution in [0.5, 0.6) is 0 Å². The zero-order valence-electron chi connectivity index (χ0n) is 20.6. The average molecular weight is 503 g/mol. The second-order valence-electron chi connectivity index (χ2n) is 8.84. The molecule has 37 heavy (non-hydrogen) atoms. The summed E-state index contributed by atoms with van der Waals surface area (Å²) in [6, 6.07) is 9.25. The number of amides is 1. The van der Waals surface area contributed by atoms with Crippen LogP contribution >= 0.6 is 0 Å². The summed E-state index contributed by atoms with van der Waals surface area (Å²) in [7, 11) is 0. The minimum atomic E-state index is -1.10. The highest BCUT2D eigenvalue weighted by molar-refractivity contribution is 6.08. The molecule has 11 nitrogen and oxygen atoms in total. The fourth-order valence-electron chi connectivity index (χ4n) is 4.55. The number of amidine groups is 1. The van der Waals surface area contributed by atoms with E-state index < -0.39 is 18.1 Å². The van der Waals surface area contributed by atoms with E-state index in [2.05, 4.69) is 15.7 Å². The van der Waals surface area contributed by atoms with Gasteiger partial charge in [-0.1, -0.05) is 42.5 Å². The van der Waals surface area contributed by atoms with Crippen molar-refractivity contribution in [1.29, 1.82) is 10.8 Å². The van der Waals surface area contributed by atoms with Gasteiger partial charge in [0.25, 0.3) is 11.9 Å². The molecule has 2 atom stereocenters. The lowest BCUT2D eigenvalue weighted by Crippen LogP contribution is -2.45. The molecule has 1 aromatic heterocycles. The Labute approximate surface area is 214 Å². The maximum atomic E-state index is 13.1. The molecule has 3 heterocycles. The third-order valence-electron chi connectivity index (χ3n) is 6.44. The number of aryl methyl sites for hydroxylation is 1. The number of benzene rings is 1. The van der Waals surface area contributed by atoms with Gasteiger partial charge in [-0.2, -0.15) is 5.10 Å². The maximum absolute atomic E-state index is 13.1. The van der Waals surface area contributed by atoms with Crippen molar-refractivity contribution in [2.75, 3.05) is 31.2 Å². The van der Waals surface area contributed by atoms with Gasteiger partial charge < -0.3 is 25.0 Å². The molecule has 2 aliphatic heterocycles. The Balaban J connectivity index is 1.35. The number of nitrogens with one attached hydrogen (secondary N) is 4. The van der Waals surface area contributed by atoms with Gasteiger partial charge in [-0.15, -0.1) is 0 Å². The van der Waals surface area contributed by atoms with Crippen LogP contribution in [0.25, 0.3) is 0 Å². The second kappa shape index (κ2) is 10.8. The number of rotatable bonds is 5. The van der Waals surface area contributed by atoms with Gasteiger partial charge in [0, 0.05) is 37.4 Å². The quantitative estimate of drug-likeness (QED) is 0.364. The molecular formula is C26H30N8O3. The summed E-state index contributed by atoms with van der Waals surface area (Å²) in [5.41, 5.74) is 2.88. The molecule has 1 amide bonds. The number of aliphatic imine (C=N–C) groups is 1. The Kier molecular flexibility index (Phi) is 7.13. The first-order chi connectivity index (χ1) is 18.0. The highest BCUT2D eigenvalue weighted by Crippen LogP contribution is 2.27. The second-order valence-corrected chi connectivity index (χ2v) is 8.84. The van der Waals surface area contributed by atoms with Crippen molar-refractivity contribution in [3.05, 3.63) is 71.6 Å². The van der Waals surface area contributed by atoms with Gasteiger partial charge >= 0.3 is 0 Å². The summed E-state index contributed by atoms with van der Waals surface area (Å²) in [6.45, 7) is 5.06. The summed E-state index contributed by atoms with van der Waals surface area (Å²) in [4.78, 5) is 19.8. The largest absolute Gasteiger partial charge is 0.407 e. The van der Waals surface area contributed by atoms with Crippen LogP contribution in [0.1, 0.15) is 24.5 Å². The molecule has 192 valence electrons. The van der Waals surface area contributed by atoms with Crippen molar-refractivity contribution in [1.82, 2.24) is 20.4 Å². The van der Waals surface area contributed by atoms with Crippen molar-refractivity contribution in [2.45, 2.75) is 26.1 Å². The minimum Gasteiger partial charge on any atom is -0.407 e. The number of carbonyl (C=O) groups is 1. The lowest BCUT2D eigenvalue weighted by molar-refractivity contribution is -0.121. The number of hydrogen-bond acceptors (Lipinski definition) is 8. The number of allylic oxidation sites excluding steroid dienone is 4. The number of aromatic nitrogens is 2. The van der Waals surface area contributed by atoms with Crippen LogP contribution in [0.2, 0.25) is 0 Å².